The molecule has 0 spiro atoms. The Labute approximate surface area is 161 Å². The summed E-state index contributed by atoms with van der Waals surface area (Å²) in [5.74, 6) is 0.730. The summed E-state index contributed by atoms with van der Waals surface area (Å²) in [7, 11) is 3.22. The van der Waals surface area contributed by atoms with Crippen molar-refractivity contribution >= 4 is 27.6 Å². The van der Waals surface area contributed by atoms with Crippen LogP contribution in [0, 0.1) is 0 Å². The van der Waals surface area contributed by atoms with E-state index in [-0.39, 0.29) is 18.0 Å². The van der Waals surface area contributed by atoms with Gasteiger partial charge in [0.05, 0.1) is 30.1 Å². The highest BCUT2D eigenvalue weighted by molar-refractivity contribution is 6.01. The number of fused-ring (bicyclic) bond motifs is 2. The Morgan fingerprint density at radius 1 is 1.07 bits per heavy atom. The molecule has 0 bridgehead atoms. The molecule has 140 valence electrons. The van der Waals surface area contributed by atoms with Gasteiger partial charge in [-0.05, 0) is 35.0 Å². The lowest BCUT2D eigenvalue weighted by Gasteiger charge is -2.19. The Morgan fingerprint density at radius 2 is 1.75 bits per heavy atom. The molecule has 0 aliphatic carbocycles. The van der Waals surface area contributed by atoms with E-state index in [1.165, 1.54) is 4.90 Å². The molecule has 0 fully saturated rings. The fraction of sp³-hybridized carbons (Fsp3) is 0.136. The first kappa shape index (κ1) is 17.7. The molecule has 0 saturated heterocycles. The summed E-state index contributed by atoms with van der Waals surface area (Å²) in [5, 5.41) is 2.48. The first-order chi connectivity index (χ1) is 13.6. The molecule has 6 nitrogen and oxygen atoms in total. The zero-order valence-electron chi connectivity index (χ0n) is 15.6. The molecule has 0 aliphatic rings. The molecule has 6 heteroatoms. The number of hydrogen-bond donors (Lipinski definition) is 1. The van der Waals surface area contributed by atoms with Crippen molar-refractivity contribution in [2.75, 3.05) is 14.2 Å². The topological polar surface area (TPSA) is 75.3 Å². The van der Waals surface area contributed by atoms with Crippen molar-refractivity contribution in [1.29, 1.82) is 0 Å². The van der Waals surface area contributed by atoms with Crippen LogP contribution in [0.1, 0.15) is 16.2 Å². The molecule has 1 amide bonds. The van der Waals surface area contributed by atoms with Gasteiger partial charge in [-0.2, -0.15) is 0 Å². The van der Waals surface area contributed by atoms with E-state index in [1.807, 2.05) is 42.5 Å². The van der Waals surface area contributed by atoms with Crippen molar-refractivity contribution in [3.05, 3.63) is 82.4 Å². The van der Waals surface area contributed by atoms with E-state index in [0.29, 0.717) is 28.0 Å². The molecule has 0 saturated carbocycles. The van der Waals surface area contributed by atoms with Crippen molar-refractivity contribution in [1.82, 2.24) is 14.9 Å². The van der Waals surface area contributed by atoms with E-state index >= 15 is 0 Å². The van der Waals surface area contributed by atoms with Gasteiger partial charge < -0.3 is 14.6 Å². The minimum atomic E-state index is -0.218. The van der Waals surface area contributed by atoms with E-state index in [4.69, 9.17) is 4.74 Å². The molecule has 28 heavy (non-hydrogen) atoms. The number of aromatic amines is 1. The van der Waals surface area contributed by atoms with Gasteiger partial charge in [0, 0.05) is 7.05 Å². The minimum absolute atomic E-state index is 0.175. The maximum atomic E-state index is 13.0. The molecule has 0 aliphatic heterocycles. The molecular weight excluding hydrogens is 354 g/mol. The molecular formula is C22H19N3O3. The number of ether oxygens (including phenoxy) is 1. The first-order valence-corrected chi connectivity index (χ1v) is 8.87. The highest BCUT2D eigenvalue weighted by atomic mass is 16.5. The van der Waals surface area contributed by atoms with Crippen LogP contribution < -0.4 is 10.3 Å². The van der Waals surface area contributed by atoms with Crippen LogP contribution in [0.3, 0.4) is 0 Å². The van der Waals surface area contributed by atoms with Gasteiger partial charge in [0.25, 0.3) is 11.5 Å². The van der Waals surface area contributed by atoms with E-state index in [1.54, 1.807) is 32.4 Å². The lowest BCUT2D eigenvalue weighted by atomic mass is 10.0. The lowest BCUT2D eigenvalue weighted by molar-refractivity contribution is 0.0778. The molecule has 3 aromatic carbocycles. The number of H-pyrrole nitrogens is 1. The van der Waals surface area contributed by atoms with E-state index in [0.717, 1.165) is 10.8 Å². The largest absolute Gasteiger partial charge is 0.496 e. The summed E-state index contributed by atoms with van der Waals surface area (Å²) >= 11 is 0. The van der Waals surface area contributed by atoms with Crippen molar-refractivity contribution in [3.8, 4) is 5.75 Å². The van der Waals surface area contributed by atoms with E-state index in [2.05, 4.69) is 9.97 Å². The molecule has 1 heterocycles. The third-order valence-electron chi connectivity index (χ3n) is 4.69. The Morgan fingerprint density at radius 3 is 2.50 bits per heavy atom. The fourth-order valence-corrected chi connectivity index (χ4v) is 3.27. The number of nitrogens with zero attached hydrogens (tertiary/aromatic N) is 2. The second-order valence-corrected chi connectivity index (χ2v) is 6.59. The van der Waals surface area contributed by atoms with Crippen LogP contribution in [0.15, 0.2) is 65.5 Å². The predicted octanol–water partition coefficient (Wildman–Crippen LogP) is 3.36. The normalized spacial score (nSPS) is 10.9. The van der Waals surface area contributed by atoms with Gasteiger partial charge >= 0.3 is 0 Å². The van der Waals surface area contributed by atoms with E-state index < -0.39 is 0 Å². The van der Waals surface area contributed by atoms with Crippen molar-refractivity contribution in [2.45, 2.75) is 6.54 Å². The number of aromatic nitrogens is 2. The number of carbonyl (C=O) groups is 1. The number of amides is 1. The number of rotatable bonds is 4. The number of methoxy groups -OCH3 is 1. The van der Waals surface area contributed by atoms with Gasteiger partial charge in [-0.1, -0.05) is 36.4 Å². The van der Waals surface area contributed by atoms with Gasteiger partial charge in [0.1, 0.15) is 11.6 Å². The number of benzene rings is 3. The van der Waals surface area contributed by atoms with E-state index in [9.17, 15) is 9.59 Å². The molecule has 0 radical (unpaired) electrons. The third-order valence-corrected chi connectivity index (χ3v) is 4.69. The summed E-state index contributed by atoms with van der Waals surface area (Å²) in [6.07, 6.45) is 0. The highest BCUT2D eigenvalue weighted by Crippen LogP contribution is 2.27. The first-order valence-electron chi connectivity index (χ1n) is 8.87. The second kappa shape index (κ2) is 7.15. The molecule has 4 aromatic rings. The van der Waals surface area contributed by atoms with Crippen LogP contribution in [0.25, 0.3) is 21.7 Å². The maximum absolute atomic E-state index is 13.0. The van der Waals surface area contributed by atoms with Crippen LogP contribution in [0.5, 0.6) is 5.75 Å². The SMILES string of the molecule is COc1cc2ccccc2cc1C(=O)N(C)Cc1nc2ccccc2c(=O)[nH]1. The van der Waals surface area contributed by atoms with Crippen LogP contribution in [0.2, 0.25) is 0 Å². The number of para-hydroxylation sites is 1. The van der Waals surface area contributed by atoms with Gasteiger partial charge in [-0.25, -0.2) is 4.98 Å². The van der Waals surface area contributed by atoms with Gasteiger partial charge in [0.2, 0.25) is 0 Å². The van der Waals surface area contributed by atoms with Crippen LogP contribution in [0.4, 0.5) is 0 Å². The average Bonchev–Trinajstić information content (AvgIpc) is 2.72. The molecule has 0 atom stereocenters. The lowest BCUT2D eigenvalue weighted by Crippen LogP contribution is -2.28. The Balaban J connectivity index is 1.67. The van der Waals surface area contributed by atoms with Gasteiger partial charge in [-0.3, -0.25) is 9.59 Å². The summed E-state index contributed by atoms with van der Waals surface area (Å²) in [4.78, 5) is 34.0. The zero-order chi connectivity index (χ0) is 19.7. The van der Waals surface area contributed by atoms with Crippen LogP contribution in [-0.2, 0) is 6.54 Å². The fourth-order valence-electron chi connectivity index (χ4n) is 3.27. The van der Waals surface area contributed by atoms with Crippen LogP contribution in [-0.4, -0.2) is 34.9 Å². The van der Waals surface area contributed by atoms with Crippen molar-refractivity contribution in [3.63, 3.8) is 0 Å². The summed E-state index contributed by atoms with van der Waals surface area (Å²) in [6.45, 7) is 0.175. The van der Waals surface area contributed by atoms with Gasteiger partial charge in [-0.15, -0.1) is 0 Å². The monoisotopic (exact) mass is 373 g/mol. The minimum Gasteiger partial charge on any atom is -0.496 e. The molecule has 1 N–H and O–H groups in total. The zero-order valence-corrected chi connectivity index (χ0v) is 15.6. The highest BCUT2D eigenvalue weighted by Gasteiger charge is 2.19. The maximum Gasteiger partial charge on any atom is 0.258 e. The smallest absolute Gasteiger partial charge is 0.258 e. The van der Waals surface area contributed by atoms with Gasteiger partial charge in [0.15, 0.2) is 0 Å². The average molecular weight is 373 g/mol. The van der Waals surface area contributed by atoms with Crippen LogP contribution >= 0.6 is 0 Å². The standard InChI is InChI=1S/C22H19N3O3/c1-25(13-20-23-18-10-6-5-9-16(18)21(26)24-20)22(27)17-11-14-7-3-4-8-15(14)12-19(17)28-2/h3-12H,13H2,1-2H3,(H,23,24,26). The molecule has 4 rings (SSSR count). The number of carbonyl (C=O) groups excluding carboxylic acids is 1. The Hall–Kier alpha value is -3.67. The van der Waals surface area contributed by atoms with Crippen molar-refractivity contribution < 1.29 is 9.53 Å². The number of hydrogen-bond acceptors (Lipinski definition) is 4. The third kappa shape index (κ3) is 3.20. The Bertz CT molecular complexity index is 1250. The molecule has 1 aromatic heterocycles. The second-order valence-electron chi connectivity index (χ2n) is 6.59. The Kier molecular flexibility index (Phi) is 4.53. The summed E-state index contributed by atoms with van der Waals surface area (Å²) < 4.78 is 5.43. The number of nitrogens with one attached hydrogen (secondary N) is 1. The molecule has 0 unspecified atom stereocenters. The quantitative estimate of drug-likeness (QED) is 0.595. The summed E-state index contributed by atoms with van der Waals surface area (Å²) in [5.41, 5.74) is 0.849. The predicted molar refractivity (Wildman–Crippen MR) is 109 cm³/mol. The van der Waals surface area contributed by atoms with Crippen molar-refractivity contribution in [2.24, 2.45) is 0 Å². The summed E-state index contributed by atoms with van der Waals surface area (Å²) in [6, 6.07) is 18.6.